The van der Waals surface area contributed by atoms with E-state index in [0.29, 0.717) is 66.1 Å². The van der Waals surface area contributed by atoms with Crippen LogP contribution in [0.4, 0.5) is 11.4 Å². The molecule has 0 saturated carbocycles. The number of unbranched alkanes of at least 4 members (excludes halogenated alkanes) is 2. The molecule has 21 nitrogen and oxygen atoms in total. The third kappa shape index (κ3) is 11.9. The third-order valence-electron chi connectivity index (χ3n) is 13.3. The number of fused-ring (bicyclic) bond motifs is 6. The van der Waals surface area contributed by atoms with Crippen LogP contribution in [0.2, 0.25) is 0 Å². The molecule has 6 N–H and O–H groups in total. The molecule has 0 amide bonds. The fraction of sp³-hybridized carbons (Fsp3) is 0.413. The maximum Gasteiger partial charge on any atom is 0.303 e. The normalized spacial score (nSPS) is 20.5. The zero-order valence-electron chi connectivity index (χ0n) is 39.5. The molecule has 0 fully saturated rings. The molecule has 26 heteroatoms. The molecule has 72 heavy (non-hydrogen) atoms. The Morgan fingerprint density at radius 3 is 1.68 bits per heavy atom. The number of carboxylic acids is 1. The first kappa shape index (κ1) is 56.5. The molecule has 2 aliphatic heterocycles. The highest BCUT2D eigenvalue weighted by atomic mass is 32.2. The lowest BCUT2D eigenvalue weighted by Crippen LogP contribution is -2.43. The molecule has 3 unspecified atom stereocenters. The van der Waals surface area contributed by atoms with Crippen molar-refractivity contribution >= 4 is 89.5 Å². The van der Waals surface area contributed by atoms with Crippen LogP contribution >= 0.6 is 0 Å². The minimum Gasteiger partial charge on any atom is -0.481 e. The van der Waals surface area contributed by atoms with Gasteiger partial charge in [-0.05, 0) is 103 Å². The van der Waals surface area contributed by atoms with Crippen LogP contribution in [0.5, 0.6) is 0 Å². The molecule has 4 aromatic carbocycles. The molecule has 3 atom stereocenters. The Labute approximate surface area is 418 Å². The van der Waals surface area contributed by atoms with Gasteiger partial charge in [0.1, 0.15) is 9.79 Å². The molecule has 2 heterocycles. The minimum atomic E-state index is -5.08. The van der Waals surface area contributed by atoms with Crippen LogP contribution < -0.4 is 9.80 Å². The van der Waals surface area contributed by atoms with Crippen molar-refractivity contribution in [1.82, 2.24) is 0 Å². The highest BCUT2D eigenvalue weighted by Gasteiger charge is 2.48. The van der Waals surface area contributed by atoms with Crippen LogP contribution in [0.1, 0.15) is 69.9 Å². The molecular formula is C46H56N2O19S5. The van der Waals surface area contributed by atoms with Crippen LogP contribution in [0.15, 0.2) is 104 Å². The van der Waals surface area contributed by atoms with Gasteiger partial charge in [-0.15, -0.1) is 0 Å². The van der Waals surface area contributed by atoms with E-state index in [9.17, 15) is 74.8 Å². The fourth-order valence-corrected chi connectivity index (χ4v) is 13.2. The van der Waals surface area contributed by atoms with Gasteiger partial charge in [0.15, 0.2) is 0 Å². The fourth-order valence-electron chi connectivity index (χ4n) is 10.1. The summed E-state index contributed by atoms with van der Waals surface area (Å²) in [4.78, 5) is 11.9. The summed E-state index contributed by atoms with van der Waals surface area (Å²) in [5.41, 5.74) is 0.216. The molecule has 0 bridgehead atoms. The third-order valence-corrected chi connectivity index (χ3v) is 17.5. The van der Waals surface area contributed by atoms with E-state index in [2.05, 4.69) is 0 Å². The van der Waals surface area contributed by atoms with Crippen LogP contribution in [0.3, 0.4) is 0 Å². The molecule has 0 aromatic heterocycles. The number of hydrogen-bond donors (Lipinski definition) is 6. The number of methoxy groups -OCH3 is 2. The minimum absolute atomic E-state index is 0.00310. The van der Waals surface area contributed by atoms with Gasteiger partial charge in [0.05, 0.1) is 21.6 Å². The molecule has 0 radical (unpaired) electrons. The van der Waals surface area contributed by atoms with E-state index >= 15 is 0 Å². The highest BCUT2D eigenvalue weighted by Crippen LogP contribution is 2.55. The lowest BCUT2D eigenvalue weighted by molar-refractivity contribution is -0.137. The van der Waals surface area contributed by atoms with Gasteiger partial charge < -0.3 is 24.4 Å². The summed E-state index contributed by atoms with van der Waals surface area (Å²) in [7, 11) is -21.7. The molecule has 0 aliphatic carbocycles. The zero-order valence-corrected chi connectivity index (χ0v) is 43.6. The van der Waals surface area contributed by atoms with E-state index < -0.39 is 98.8 Å². The van der Waals surface area contributed by atoms with Gasteiger partial charge in [0, 0.05) is 85.6 Å². The van der Waals surface area contributed by atoms with Crippen molar-refractivity contribution in [3.05, 3.63) is 95.7 Å². The topological polar surface area (TPSA) is 334 Å². The van der Waals surface area contributed by atoms with Gasteiger partial charge in [-0.1, -0.05) is 49.8 Å². The Morgan fingerprint density at radius 2 is 1.17 bits per heavy atom. The number of rotatable bonds is 23. The zero-order chi connectivity index (χ0) is 53.4. The Kier molecular flexibility index (Phi) is 16.6. The van der Waals surface area contributed by atoms with E-state index in [-0.39, 0.29) is 67.0 Å². The number of carboxylic acid groups (broad SMARTS) is 1. The summed E-state index contributed by atoms with van der Waals surface area (Å²) in [6.45, 7) is 4.20. The quantitative estimate of drug-likeness (QED) is 0.0274. The van der Waals surface area contributed by atoms with Crippen molar-refractivity contribution in [1.29, 1.82) is 0 Å². The lowest BCUT2D eigenvalue weighted by Gasteiger charge is -2.35. The Balaban J connectivity index is 1.54. The van der Waals surface area contributed by atoms with E-state index in [1.165, 1.54) is 26.4 Å². The van der Waals surface area contributed by atoms with Gasteiger partial charge in [-0.2, -0.15) is 42.1 Å². The number of hydrogen-bond acceptors (Lipinski definition) is 15. The van der Waals surface area contributed by atoms with E-state index in [4.69, 9.17) is 9.47 Å². The summed E-state index contributed by atoms with van der Waals surface area (Å²) in [5, 5.41) is 9.31. The molecular weight excluding hydrogens is 1040 g/mol. The maximum absolute atomic E-state index is 12.7. The van der Waals surface area contributed by atoms with Crippen LogP contribution in [0.25, 0.3) is 21.5 Å². The Morgan fingerprint density at radius 1 is 0.625 bits per heavy atom. The van der Waals surface area contributed by atoms with Crippen molar-refractivity contribution in [3.8, 4) is 0 Å². The summed E-state index contributed by atoms with van der Waals surface area (Å²) >= 11 is 0. The monoisotopic (exact) mass is 1100 g/mol. The Hall–Kier alpha value is -4.84. The van der Waals surface area contributed by atoms with Crippen molar-refractivity contribution in [2.75, 3.05) is 56.1 Å². The second-order valence-electron chi connectivity index (χ2n) is 18.0. The standard InChI is InChI=1S/C46H56N2O19S5/c1-45(19-23-66-3)40(47(21-10-6-9-14-42(49)50)36-17-15-32-34(43(36)45)26-30(69(54,55)56)28-38(32)71(60,61)62)12-7-5-8-13-41-46(2,20-24-67-4)44-35-27-31(70(57,58)59)29-39(72(63,64)65)33(35)16-18-37(44)48(41)22-11-25-68(51,52)53/h5,7-8,12-13,15-18,26-29,41H,6,9-11,14,19-25H2,1-4H3,(H,49,50)(H,51,52,53)(H,54,55,56)(H,57,58,59)(H,60,61,62)(H,63,64,65). The number of anilines is 2. The van der Waals surface area contributed by atoms with Crippen LogP contribution in [0, 0.1) is 0 Å². The first-order valence-corrected chi connectivity index (χ1v) is 29.6. The van der Waals surface area contributed by atoms with Gasteiger partial charge >= 0.3 is 5.97 Å². The molecule has 6 rings (SSSR count). The average molecular weight is 1100 g/mol. The molecule has 0 saturated heterocycles. The molecule has 0 spiro atoms. The van der Waals surface area contributed by atoms with Gasteiger partial charge in [-0.3, -0.25) is 27.6 Å². The summed E-state index contributed by atoms with van der Waals surface area (Å²) in [5.74, 6) is -1.59. The average Bonchev–Trinajstić information content (AvgIpc) is 3.65. The van der Waals surface area contributed by atoms with Crippen LogP contribution in [-0.2, 0) is 75.7 Å². The number of allylic oxidation sites excluding steroid dienone is 5. The lowest BCUT2D eigenvalue weighted by atomic mass is 9.74. The van der Waals surface area contributed by atoms with Gasteiger partial charge in [0.2, 0.25) is 0 Å². The van der Waals surface area contributed by atoms with Gasteiger partial charge in [-0.25, -0.2) is 0 Å². The number of benzene rings is 4. The first-order chi connectivity index (χ1) is 33.4. The second-order valence-corrected chi connectivity index (χ2v) is 25.2. The highest BCUT2D eigenvalue weighted by molar-refractivity contribution is 7.87. The van der Waals surface area contributed by atoms with E-state index in [1.807, 2.05) is 11.8 Å². The predicted octanol–water partition coefficient (Wildman–Crippen LogP) is 6.20. The molecule has 394 valence electrons. The molecule has 4 aromatic rings. The van der Waals surface area contributed by atoms with Gasteiger partial charge in [0.25, 0.3) is 50.6 Å². The first-order valence-electron chi connectivity index (χ1n) is 22.3. The van der Waals surface area contributed by atoms with E-state index in [0.717, 1.165) is 12.1 Å². The van der Waals surface area contributed by atoms with Crippen molar-refractivity contribution in [2.45, 2.75) is 95.2 Å². The Bertz CT molecular complexity index is 3470. The largest absolute Gasteiger partial charge is 0.481 e. The maximum atomic E-state index is 12.7. The number of carbonyl (C=O) groups is 1. The van der Waals surface area contributed by atoms with Crippen molar-refractivity contribution < 1.29 is 84.2 Å². The number of ether oxygens (including phenoxy) is 2. The summed E-state index contributed by atoms with van der Waals surface area (Å²) < 4.78 is 186. The smallest absolute Gasteiger partial charge is 0.303 e. The van der Waals surface area contributed by atoms with Crippen molar-refractivity contribution in [2.24, 2.45) is 0 Å². The second kappa shape index (κ2) is 21.2. The van der Waals surface area contributed by atoms with Crippen LogP contribution in [-0.4, -0.2) is 128 Å². The predicted molar refractivity (Wildman–Crippen MR) is 267 cm³/mol. The molecule has 2 aliphatic rings. The SMILES string of the molecule is COCCC1(C)C(=CC=CC=CC2N(CCCS(=O)(=O)O)c3ccc4c(S(=O)(=O)O)cc(S(=O)(=O)O)cc4c3C2(C)CCOC)N(CCCCCC(=O)O)c2ccc3c(S(=O)(=O)O)cc(S(=O)(=O)O)cc3c21. The number of aliphatic carboxylic acids is 1. The van der Waals surface area contributed by atoms with Crippen molar-refractivity contribution in [3.63, 3.8) is 0 Å². The summed E-state index contributed by atoms with van der Waals surface area (Å²) in [6, 6.07) is 8.75. The number of nitrogens with zero attached hydrogens (tertiary/aromatic N) is 2. The van der Waals surface area contributed by atoms with E-state index in [1.54, 1.807) is 54.3 Å². The summed E-state index contributed by atoms with van der Waals surface area (Å²) in [6.07, 6.45) is 10.2.